The molecule has 1 aromatic carbocycles. The molecule has 2 rings (SSSR count). The van der Waals surface area contributed by atoms with Gasteiger partial charge in [-0.2, -0.15) is 13.2 Å². The molecule has 1 amide bonds. The Morgan fingerprint density at radius 3 is 2.25 bits per heavy atom. The first-order valence-corrected chi connectivity index (χ1v) is 7.39. The molecule has 128 valence electrons. The summed E-state index contributed by atoms with van der Waals surface area (Å²) in [6.07, 6.45) is -2.17. The normalized spacial score (nSPS) is 14.0. The Balaban J connectivity index is 2.11. The van der Waals surface area contributed by atoms with Crippen LogP contribution in [-0.2, 0) is 6.18 Å². The number of rotatable bonds is 5. The Morgan fingerprint density at radius 2 is 1.75 bits per heavy atom. The van der Waals surface area contributed by atoms with Gasteiger partial charge in [-0.1, -0.05) is 19.1 Å². The van der Waals surface area contributed by atoms with Gasteiger partial charge in [0, 0.05) is 18.0 Å². The molecule has 1 aromatic heterocycles. The summed E-state index contributed by atoms with van der Waals surface area (Å²) < 4.78 is 37.7. The lowest BCUT2D eigenvalue weighted by atomic mass is 9.98. The van der Waals surface area contributed by atoms with Crippen molar-refractivity contribution in [3.63, 3.8) is 0 Å². The van der Waals surface area contributed by atoms with Gasteiger partial charge in [-0.25, -0.2) is 0 Å². The van der Waals surface area contributed by atoms with Crippen molar-refractivity contribution in [3.8, 4) is 0 Å². The molecular weight excluding hydrogens is 321 g/mol. The molecule has 0 bridgehead atoms. The van der Waals surface area contributed by atoms with E-state index in [9.17, 15) is 23.1 Å². The van der Waals surface area contributed by atoms with Gasteiger partial charge in [0.2, 0.25) is 0 Å². The molecule has 1 heterocycles. The predicted octanol–water partition coefficient (Wildman–Crippen LogP) is 3.34. The number of amides is 1. The third-order valence-electron chi connectivity index (χ3n) is 3.66. The average molecular weight is 338 g/mol. The van der Waals surface area contributed by atoms with E-state index >= 15 is 0 Å². The van der Waals surface area contributed by atoms with Crippen molar-refractivity contribution >= 4 is 5.91 Å². The number of nitrogens with one attached hydrogen (secondary N) is 1. The summed E-state index contributed by atoms with van der Waals surface area (Å²) in [4.78, 5) is 16.0. The van der Waals surface area contributed by atoms with Gasteiger partial charge in [-0.3, -0.25) is 9.78 Å². The van der Waals surface area contributed by atoms with Crippen LogP contribution in [0.2, 0.25) is 0 Å². The van der Waals surface area contributed by atoms with E-state index in [0.717, 1.165) is 12.1 Å². The summed E-state index contributed by atoms with van der Waals surface area (Å²) in [6, 6.07) is 6.71. The SMILES string of the molecule is CC[C@@H](NC(=O)c1ccncc1)[C@@H](O)c1ccc(C(F)(F)F)cc1. The molecule has 0 saturated heterocycles. The molecule has 0 aliphatic rings. The number of carbonyl (C=O) groups excluding carboxylic acids is 1. The summed E-state index contributed by atoms with van der Waals surface area (Å²) in [5.74, 6) is -0.379. The fourth-order valence-electron chi connectivity index (χ4n) is 2.26. The van der Waals surface area contributed by atoms with Crippen LogP contribution in [0.1, 0.15) is 40.9 Å². The van der Waals surface area contributed by atoms with E-state index in [0.29, 0.717) is 17.5 Å². The highest BCUT2D eigenvalue weighted by Crippen LogP contribution is 2.30. The van der Waals surface area contributed by atoms with Gasteiger partial charge in [0.25, 0.3) is 5.91 Å². The molecule has 0 radical (unpaired) electrons. The third kappa shape index (κ3) is 4.32. The van der Waals surface area contributed by atoms with Gasteiger partial charge in [-0.05, 0) is 36.2 Å². The zero-order chi connectivity index (χ0) is 17.7. The van der Waals surface area contributed by atoms with Crippen LogP contribution in [0.3, 0.4) is 0 Å². The number of alkyl halides is 3. The van der Waals surface area contributed by atoms with Gasteiger partial charge in [0.1, 0.15) is 0 Å². The van der Waals surface area contributed by atoms with Crippen molar-refractivity contribution in [1.82, 2.24) is 10.3 Å². The van der Waals surface area contributed by atoms with Crippen LogP contribution in [0.15, 0.2) is 48.8 Å². The molecule has 2 aromatic rings. The number of aromatic nitrogens is 1. The second kappa shape index (κ2) is 7.44. The Hall–Kier alpha value is -2.41. The number of hydrogen-bond acceptors (Lipinski definition) is 3. The molecule has 0 spiro atoms. The number of hydrogen-bond donors (Lipinski definition) is 2. The highest BCUT2D eigenvalue weighted by atomic mass is 19.4. The van der Waals surface area contributed by atoms with E-state index in [2.05, 4.69) is 10.3 Å². The second-order valence-electron chi connectivity index (χ2n) is 5.29. The minimum Gasteiger partial charge on any atom is -0.386 e. The number of benzene rings is 1. The standard InChI is InChI=1S/C17H17F3N2O2/c1-2-14(22-16(24)12-7-9-21-10-8-12)15(23)11-3-5-13(6-4-11)17(18,19)20/h3-10,14-15,23H,2H2,1H3,(H,22,24)/t14-,15+/m1/s1. The summed E-state index contributed by atoms with van der Waals surface area (Å²) in [5, 5.41) is 13.0. The molecule has 0 aliphatic carbocycles. The average Bonchev–Trinajstić information content (AvgIpc) is 2.59. The van der Waals surface area contributed by atoms with Gasteiger partial charge >= 0.3 is 6.18 Å². The van der Waals surface area contributed by atoms with E-state index in [1.165, 1.54) is 36.7 Å². The van der Waals surface area contributed by atoms with E-state index in [1.54, 1.807) is 6.92 Å². The van der Waals surface area contributed by atoms with E-state index < -0.39 is 23.9 Å². The molecule has 24 heavy (non-hydrogen) atoms. The molecule has 7 heteroatoms. The van der Waals surface area contributed by atoms with Crippen LogP contribution < -0.4 is 5.32 Å². The predicted molar refractivity (Wildman–Crippen MR) is 82.2 cm³/mol. The lowest BCUT2D eigenvalue weighted by molar-refractivity contribution is -0.137. The van der Waals surface area contributed by atoms with Crippen molar-refractivity contribution in [2.24, 2.45) is 0 Å². The topological polar surface area (TPSA) is 62.2 Å². The highest BCUT2D eigenvalue weighted by molar-refractivity contribution is 5.94. The van der Waals surface area contributed by atoms with Crippen molar-refractivity contribution in [2.45, 2.75) is 31.7 Å². The molecule has 0 saturated carbocycles. The van der Waals surface area contributed by atoms with Crippen LogP contribution >= 0.6 is 0 Å². The van der Waals surface area contributed by atoms with Crippen molar-refractivity contribution in [3.05, 3.63) is 65.5 Å². The number of nitrogens with zero attached hydrogens (tertiary/aromatic N) is 1. The molecule has 0 fully saturated rings. The summed E-state index contributed by atoms with van der Waals surface area (Å²) in [5.41, 5.74) is -0.0831. The fraction of sp³-hybridized carbons (Fsp3) is 0.294. The largest absolute Gasteiger partial charge is 0.416 e. The first-order valence-electron chi connectivity index (χ1n) is 7.39. The minimum atomic E-state index is -4.43. The number of carbonyl (C=O) groups is 1. The van der Waals surface area contributed by atoms with Crippen LogP contribution in [0.25, 0.3) is 0 Å². The van der Waals surface area contributed by atoms with Crippen LogP contribution in [0.5, 0.6) is 0 Å². The molecule has 2 atom stereocenters. The number of aliphatic hydroxyl groups is 1. The molecule has 0 aliphatic heterocycles. The maximum Gasteiger partial charge on any atom is 0.416 e. The fourth-order valence-corrected chi connectivity index (χ4v) is 2.26. The summed E-state index contributed by atoms with van der Waals surface area (Å²) in [7, 11) is 0. The molecule has 0 unspecified atom stereocenters. The van der Waals surface area contributed by atoms with Crippen LogP contribution in [-0.4, -0.2) is 22.0 Å². The van der Waals surface area contributed by atoms with Crippen LogP contribution in [0, 0.1) is 0 Å². The smallest absolute Gasteiger partial charge is 0.386 e. The molecule has 4 nitrogen and oxygen atoms in total. The molecule has 2 N–H and O–H groups in total. The Labute approximate surface area is 137 Å². The van der Waals surface area contributed by atoms with E-state index in [4.69, 9.17) is 0 Å². The molecular formula is C17H17F3N2O2. The van der Waals surface area contributed by atoms with E-state index in [-0.39, 0.29) is 5.91 Å². The van der Waals surface area contributed by atoms with Crippen molar-refractivity contribution < 1.29 is 23.1 Å². The number of aliphatic hydroxyl groups excluding tert-OH is 1. The maximum absolute atomic E-state index is 12.6. The van der Waals surface area contributed by atoms with Crippen LogP contribution in [0.4, 0.5) is 13.2 Å². The Bertz CT molecular complexity index is 672. The first kappa shape index (κ1) is 17.9. The number of halogens is 3. The maximum atomic E-state index is 12.6. The van der Waals surface area contributed by atoms with Gasteiger partial charge in [0.05, 0.1) is 17.7 Å². The zero-order valence-electron chi connectivity index (χ0n) is 12.9. The Kier molecular flexibility index (Phi) is 5.56. The Morgan fingerprint density at radius 1 is 1.17 bits per heavy atom. The number of pyridine rings is 1. The highest BCUT2D eigenvalue weighted by Gasteiger charge is 2.30. The monoisotopic (exact) mass is 338 g/mol. The summed E-state index contributed by atoms with van der Waals surface area (Å²) in [6.45, 7) is 1.77. The summed E-state index contributed by atoms with van der Waals surface area (Å²) >= 11 is 0. The third-order valence-corrected chi connectivity index (χ3v) is 3.66. The van der Waals surface area contributed by atoms with Crippen molar-refractivity contribution in [2.75, 3.05) is 0 Å². The zero-order valence-corrected chi connectivity index (χ0v) is 12.9. The first-order chi connectivity index (χ1) is 11.3. The van der Waals surface area contributed by atoms with Gasteiger partial charge in [0.15, 0.2) is 0 Å². The second-order valence-corrected chi connectivity index (χ2v) is 5.29. The van der Waals surface area contributed by atoms with E-state index in [1.807, 2.05) is 0 Å². The lowest BCUT2D eigenvalue weighted by Crippen LogP contribution is -2.38. The quantitative estimate of drug-likeness (QED) is 0.879. The van der Waals surface area contributed by atoms with Gasteiger partial charge < -0.3 is 10.4 Å². The minimum absolute atomic E-state index is 0.310. The van der Waals surface area contributed by atoms with Gasteiger partial charge in [-0.15, -0.1) is 0 Å². The lowest BCUT2D eigenvalue weighted by Gasteiger charge is -2.23. The van der Waals surface area contributed by atoms with Crippen molar-refractivity contribution in [1.29, 1.82) is 0 Å².